The molecular formula is C17H13BrN2O3. The summed E-state index contributed by atoms with van der Waals surface area (Å²) in [7, 11) is 0. The standard InChI is InChI=1S/C17H13BrN2O3/c1-2-23-17(22)15-13(9-11-5-3-4-8-20(11)15)16(21)12-6-7-19-10-14(12)18/h3-10H,2H2,1H3. The molecule has 0 saturated carbocycles. The summed E-state index contributed by atoms with van der Waals surface area (Å²) in [4.78, 5) is 29.2. The van der Waals surface area contributed by atoms with Crippen LogP contribution in [0, 0.1) is 0 Å². The van der Waals surface area contributed by atoms with Crippen molar-refractivity contribution < 1.29 is 14.3 Å². The Morgan fingerprint density at radius 3 is 2.83 bits per heavy atom. The molecule has 3 heterocycles. The van der Waals surface area contributed by atoms with Crippen LogP contribution >= 0.6 is 15.9 Å². The smallest absolute Gasteiger partial charge is 0.356 e. The number of aromatic nitrogens is 2. The number of hydrogen-bond donors (Lipinski definition) is 0. The van der Waals surface area contributed by atoms with Gasteiger partial charge in [0.05, 0.1) is 12.2 Å². The first-order valence-electron chi connectivity index (χ1n) is 7.05. The predicted molar refractivity (Wildman–Crippen MR) is 88.7 cm³/mol. The monoisotopic (exact) mass is 372 g/mol. The van der Waals surface area contributed by atoms with E-state index in [0.29, 0.717) is 15.6 Å². The van der Waals surface area contributed by atoms with Crippen LogP contribution in [-0.4, -0.2) is 27.7 Å². The molecule has 0 unspecified atom stereocenters. The number of rotatable bonds is 4. The minimum absolute atomic E-state index is 0.233. The number of fused-ring (bicyclic) bond motifs is 1. The molecule has 23 heavy (non-hydrogen) atoms. The lowest BCUT2D eigenvalue weighted by molar-refractivity contribution is 0.0515. The van der Waals surface area contributed by atoms with Gasteiger partial charge in [0.1, 0.15) is 5.69 Å². The van der Waals surface area contributed by atoms with Crippen molar-refractivity contribution in [2.75, 3.05) is 6.61 Å². The van der Waals surface area contributed by atoms with Gasteiger partial charge < -0.3 is 9.14 Å². The second-order valence-corrected chi connectivity index (χ2v) is 5.66. The van der Waals surface area contributed by atoms with Crippen LogP contribution in [0.1, 0.15) is 33.3 Å². The molecule has 0 spiro atoms. The summed E-state index contributed by atoms with van der Waals surface area (Å²) in [6, 6.07) is 8.79. The van der Waals surface area contributed by atoms with Crippen molar-refractivity contribution in [3.63, 3.8) is 0 Å². The van der Waals surface area contributed by atoms with Crippen LogP contribution in [0.3, 0.4) is 0 Å². The SMILES string of the molecule is CCOC(=O)c1c(C(=O)c2ccncc2Br)cc2ccccn12. The lowest BCUT2D eigenvalue weighted by atomic mass is 10.0. The number of esters is 1. The first kappa shape index (κ1) is 15.4. The summed E-state index contributed by atoms with van der Waals surface area (Å²) in [5.74, 6) is -0.779. The van der Waals surface area contributed by atoms with Crippen LogP contribution in [0.2, 0.25) is 0 Å². The molecule has 0 atom stereocenters. The summed E-state index contributed by atoms with van der Waals surface area (Å²) in [5.41, 5.74) is 1.74. The van der Waals surface area contributed by atoms with E-state index in [2.05, 4.69) is 20.9 Å². The van der Waals surface area contributed by atoms with Crippen LogP contribution in [0.15, 0.2) is 53.4 Å². The number of carbonyl (C=O) groups excluding carboxylic acids is 2. The van der Waals surface area contributed by atoms with Crippen molar-refractivity contribution in [1.29, 1.82) is 0 Å². The highest BCUT2D eigenvalue weighted by Gasteiger charge is 2.25. The molecule has 0 radical (unpaired) electrons. The van der Waals surface area contributed by atoms with Gasteiger partial charge >= 0.3 is 5.97 Å². The highest BCUT2D eigenvalue weighted by Crippen LogP contribution is 2.24. The van der Waals surface area contributed by atoms with Gasteiger partial charge in [0.25, 0.3) is 0 Å². The Morgan fingerprint density at radius 1 is 1.26 bits per heavy atom. The highest BCUT2D eigenvalue weighted by molar-refractivity contribution is 9.10. The van der Waals surface area contributed by atoms with Gasteiger partial charge in [-0.2, -0.15) is 0 Å². The third kappa shape index (κ3) is 2.77. The Hall–Kier alpha value is -2.47. The van der Waals surface area contributed by atoms with E-state index in [1.807, 2.05) is 12.1 Å². The maximum Gasteiger partial charge on any atom is 0.356 e. The average molecular weight is 373 g/mol. The molecule has 0 amide bonds. The number of ether oxygens (including phenoxy) is 1. The topological polar surface area (TPSA) is 60.7 Å². The molecule has 3 rings (SSSR count). The lowest BCUT2D eigenvalue weighted by Gasteiger charge is -2.06. The van der Waals surface area contributed by atoms with E-state index in [-0.39, 0.29) is 18.1 Å². The summed E-state index contributed by atoms with van der Waals surface area (Å²) < 4.78 is 7.36. The summed E-state index contributed by atoms with van der Waals surface area (Å²) >= 11 is 3.32. The predicted octanol–water partition coefficient (Wildman–Crippen LogP) is 3.50. The number of ketones is 1. The summed E-state index contributed by atoms with van der Waals surface area (Å²) in [6.45, 7) is 1.97. The first-order valence-corrected chi connectivity index (χ1v) is 7.84. The van der Waals surface area contributed by atoms with E-state index in [1.165, 1.54) is 6.20 Å². The van der Waals surface area contributed by atoms with Gasteiger partial charge in [-0.25, -0.2) is 4.79 Å². The molecule has 0 saturated heterocycles. The molecule has 0 aromatic carbocycles. The summed E-state index contributed by atoms with van der Waals surface area (Å²) in [5, 5.41) is 0. The third-order valence-corrected chi connectivity index (χ3v) is 4.04. The van der Waals surface area contributed by atoms with E-state index in [0.717, 1.165) is 5.52 Å². The van der Waals surface area contributed by atoms with Crippen molar-refractivity contribution in [2.45, 2.75) is 6.92 Å². The van der Waals surface area contributed by atoms with Crippen LogP contribution in [0.4, 0.5) is 0 Å². The van der Waals surface area contributed by atoms with E-state index >= 15 is 0 Å². The zero-order valence-corrected chi connectivity index (χ0v) is 13.9. The average Bonchev–Trinajstić information content (AvgIpc) is 2.94. The maximum atomic E-state index is 12.9. The molecule has 0 bridgehead atoms. The Morgan fingerprint density at radius 2 is 2.09 bits per heavy atom. The molecule has 0 aliphatic heterocycles. The highest BCUT2D eigenvalue weighted by atomic mass is 79.9. The lowest BCUT2D eigenvalue weighted by Crippen LogP contribution is -2.14. The normalized spacial score (nSPS) is 10.7. The largest absolute Gasteiger partial charge is 0.461 e. The number of nitrogens with zero attached hydrogens (tertiary/aromatic N) is 2. The number of pyridine rings is 2. The van der Waals surface area contributed by atoms with Gasteiger partial charge in [-0.15, -0.1) is 0 Å². The maximum absolute atomic E-state index is 12.9. The fourth-order valence-electron chi connectivity index (χ4n) is 2.41. The molecule has 116 valence electrons. The fourth-order valence-corrected chi connectivity index (χ4v) is 2.84. The Bertz CT molecular complexity index is 902. The fraction of sp³-hybridized carbons (Fsp3) is 0.118. The van der Waals surface area contributed by atoms with Gasteiger partial charge in [-0.05, 0) is 47.1 Å². The molecule has 3 aromatic rings. The van der Waals surface area contributed by atoms with E-state index in [9.17, 15) is 9.59 Å². The summed E-state index contributed by atoms with van der Waals surface area (Å²) in [6.07, 6.45) is 4.82. The van der Waals surface area contributed by atoms with Gasteiger partial charge in [0.2, 0.25) is 0 Å². The van der Waals surface area contributed by atoms with Gasteiger partial charge in [0.15, 0.2) is 5.78 Å². The Balaban J connectivity index is 2.21. The molecular weight excluding hydrogens is 360 g/mol. The van der Waals surface area contributed by atoms with Crippen LogP contribution in [0.5, 0.6) is 0 Å². The zero-order chi connectivity index (χ0) is 16.4. The van der Waals surface area contributed by atoms with Gasteiger partial charge in [-0.3, -0.25) is 9.78 Å². The second-order valence-electron chi connectivity index (χ2n) is 4.81. The second kappa shape index (κ2) is 6.34. The first-order chi connectivity index (χ1) is 11.1. The molecule has 6 heteroatoms. The minimum atomic E-state index is -0.521. The van der Waals surface area contributed by atoms with E-state index < -0.39 is 5.97 Å². The van der Waals surface area contributed by atoms with E-state index in [4.69, 9.17) is 4.74 Å². The number of hydrogen-bond acceptors (Lipinski definition) is 4. The Kier molecular flexibility index (Phi) is 4.25. The third-order valence-electron chi connectivity index (χ3n) is 3.41. The molecule has 5 nitrogen and oxygen atoms in total. The molecule has 0 aliphatic carbocycles. The van der Waals surface area contributed by atoms with Gasteiger partial charge in [0, 0.05) is 34.1 Å². The Labute approximate surface area is 141 Å². The van der Waals surface area contributed by atoms with Crippen LogP contribution in [0.25, 0.3) is 5.52 Å². The molecule has 0 aliphatic rings. The quantitative estimate of drug-likeness (QED) is 0.519. The molecule has 3 aromatic heterocycles. The van der Waals surface area contributed by atoms with Crippen molar-refractivity contribution in [3.05, 3.63) is 70.2 Å². The zero-order valence-electron chi connectivity index (χ0n) is 12.3. The number of carbonyl (C=O) groups is 2. The number of halogens is 1. The van der Waals surface area contributed by atoms with Crippen molar-refractivity contribution in [3.8, 4) is 0 Å². The van der Waals surface area contributed by atoms with Gasteiger partial charge in [-0.1, -0.05) is 6.07 Å². The molecule has 0 N–H and O–H groups in total. The van der Waals surface area contributed by atoms with E-state index in [1.54, 1.807) is 41.9 Å². The minimum Gasteiger partial charge on any atom is -0.461 e. The molecule has 0 fully saturated rings. The van der Waals surface area contributed by atoms with Crippen LogP contribution in [-0.2, 0) is 4.74 Å². The van der Waals surface area contributed by atoms with Crippen LogP contribution < -0.4 is 0 Å². The van der Waals surface area contributed by atoms with Crippen molar-refractivity contribution >= 4 is 33.2 Å². The van der Waals surface area contributed by atoms with Crippen molar-refractivity contribution in [1.82, 2.24) is 9.38 Å². The van der Waals surface area contributed by atoms with Crippen molar-refractivity contribution in [2.24, 2.45) is 0 Å².